The lowest BCUT2D eigenvalue weighted by atomic mass is 10.2. The summed E-state index contributed by atoms with van der Waals surface area (Å²) in [5, 5.41) is 5.97. The minimum absolute atomic E-state index is 0.606. The first-order valence-corrected chi connectivity index (χ1v) is 9.80. The number of aromatic nitrogens is 3. The second kappa shape index (κ2) is 7.84. The second-order valence-electron chi connectivity index (χ2n) is 6.44. The summed E-state index contributed by atoms with van der Waals surface area (Å²) in [5.74, 6) is 1.26. The van der Waals surface area contributed by atoms with Gasteiger partial charge in [-0.25, -0.2) is 4.98 Å². The highest BCUT2D eigenvalue weighted by Crippen LogP contribution is 2.20. The van der Waals surface area contributed by atoms with Gasteiger partial charge < -0.3 is 4.52 Å². The van der Waals surface area contributed by atoms with Crippen molar-refractivity contribution in [1.29, 1.82) is 0 Å². The standard InChI is InChI=1S/C18H20ClN5OS/c1-13-10-20-17(26-13)12-24-8-6-23(7-9-24)11-16-21-18(22-25-16)14-2-4-15(19)5-3-14/h2-5,10H,6-9,11-12H2,1H3. The Hall–Kier alpha value is -1.80. The van der Waals surface area contributed by atoms with E-state index in [2.05, 4.69) is 31.8 Å². The number of halogens is 1. The molecule has 0 saturated carbocycles. The Balaban J connectivity index is 1.30. The molecular weight excluding hydrogens is 370 g/mol. The Morgan fingerprint density at radius 1 is 1.08 bits per heavy atom. The van der Waals surface area contributed by atoms with E-state index < -0.39 is 0 Å². The van der Waals surface area contributed by atoms with Gasteiger partial charge in [-0.1, -0.05) is 16.8 Å². The molecule has 26 heavy (non-hydrogen) atoms. The molecule has 0 bridgehead atoms. The van der Waals surface area contributed by atoms with Crippen molar-refractivity contribution < 1.29 is 4.52 Å². The van der Waals surface area contributed by atoms with Gasteiger partial charge in [-0.15, -0.1) is 11.3 Å². The highest BCUT2D eigenvalue weighted by Gasteiger charge is 2.20. The Bertz CT molecular complexity index is 855. The third kappa shape index (κ3) is 4.29. The predicted octanol–water partition coefficient (Wildman–Crippen LogP) is 3.47. The number of piperazine rings is 1. The molecule has 1 aromatic carbocycles. The Kier molecular flexibility index (Phi) is 5.31. The molecule has 0 aliphatic carbocycles. The van der Waals surface area contributed by atoms with Crippen LogP contribution in [-0.2, 0) is 13.1 Å². The zero-order valence-electron chi connectivity index (χ0n) is 14.6. The number of nitrogens with zero attached hydrogens (tertiary/aromatic N) is 5. The van der Waals surface area contributed by atoms with E-state index in [0.29, 0.717) is 23.3 Å². The molecular formula is C18H20ClN5OS. The second-order valence-corrected chi connectivity index (χ2v) is 8.19. The number of hydrogen-bond donors (Lipinski definition) is 0. The minimum Gasteiger partial charge on any atom is -0.338 e. The molecule has 6 nitrogen and oxygen atoms in total. The van der Waals surface area contributed by atoms with Crippen molar-refractivity contribution in [2.24, 2.45) is 0 Å². The maximum Gasteiger partial charge on any atom is 0.241 e. The summed E-state index contributed by atoms with van der Waals surface area (Å²) in [6.45, 7) is 7.75. The number of benzene rings is 1. The molecule has 1 saturated heterocycles. The zero-order valence-corrected chi connectivity index (χ0v) is 16.1. The van der Waals surface area contributed by atoms with Crippen LogP contribution in [0.3, 0.4) is 0 Å². The van der Waals surface area contributed by atoms with Crippen molar-refractivity contribution in [3.63, 3.8) is 0 Å². The van der Waals surface area contributed by atoms with Crippen LogP contribution in [-0.4, -0.2) is 51.1 Å². The molecule has 0 spiro atoms. The molecule has 2 aromatic heterocycles. The van der Waals surface area contributed by atoms with Gasteiger partial charge in [0.2, 0.25) is 11.7 Å². The summed E-state index contributed by atoms with van der Waals surface area (Å²) in [5.41, 5.74) is 0.910. The molecule has 8 heteroatoms. The molecule has 136 valence electrons. The first-order chi connectivity index (χ1) is 12.7. The van der Waals surface area contributed by atoms with Crippen LogP contribution in [0.4, 0.5) is 0 Å². The third-order valence-electron chi connectivity index (χ3n) is 4.42. The summed E-state index contributed by atoms with van der Waals surface area (Å²) < 4.78 is 5.42. The van der Waals surface area contributed by atoms with Gasteiger partial charge in [-0.3, -0.25) is 9.80 Å². The molecule has 0 unspecified atom stereocenters. The van der Waals surface area contributed by atoms with Crippen molar-refractivity contribution in [3.05, 3.63) is 51.3 Å². The largest absolute Gasteiger partial charge is 0.338 e. The van der Waals surface area contributed by atoms with Crippen molar-refractivity contribution in [2.75, 3.05) is 26.2 Å². The van der Waals surface area contributed by atoms with E-state index in [4.69, 9.17) is 16.1 Å². The SMILES string of the molecule is Cc1cnc(CN2CCN(Cc3nc(-c4ccc(Cl)cc4)no3)CC2)s1. The maximum atomic E-state index is 5.92. The number of hydrogen-bond acceptors (Lipinski definition) is 7. The van der Waals surface area contributed by atoms with Gasteiger partial charge in [-0.2, -0.15) is 4.98 Å². The van der Waals surface area contributed by atoms with E-state index in [1.165, 1.54) is 9.88 Å². The Morgan fingerprint density at radius 2 is 1.77 bits per heavy atom. The quantitative estimate of drug-likeness (QED) is 0.666. The van der Waals surface area contributed by atoms with Crippen molar-refractivity contribution in [3.8, 4) is 11.4 Å². The van der Waals surface area contributed by atoms with E-state index >= 15 is 0 Å². The maximum absolute atomic E-state index is 5.92. The van der Waals surface area contributed by atoms with Gasteiger partial charge in [0, 0.05) is 47.8 Å². The number of rotatable bonds is 5. The predicted molar refractivity (Wildman–Crippen MR) is 102 cm³/mol. The van der Waals surface area contributed by atoms with Gasteiger partial charge in [0.15, 0.2) is 0 Å². The molecule has 1 aliphatic heterocycles. The average molecular weight is 390 g/mol. The van der Waals surface area contributed by atoms with Gasteiger partial charge in [0.1, 0.15) is 5.01 Å². The molecule has 0 atom stereocenters. The van der Waals surface area contributed by atoms with Crippen molar-refractivity contribution >= 4 is 22.9 Å². The van der Waals surface area contributed by atoms with E-state index in [1.54, 1.807) is 11.3 Å². The molecule has 4 rings (SSSR count). The smallest absolute Gasteiger partial charge is 0.241 e. The monoisotopic (exact) mass is 389 g/mol. The molecule has 0 N–H and O–H groups in total. The third-order valence-corrected chi connectivity index (χ3v) is 5.57. The fourth-order valence-corrected chi connectivity index (χ4v) is 3.95. The van der Waals surface area contributed by atoms with Crippen molar-refractivity contribution in [1.82, 2.24) is 24.9 Å². The van der Waals surface area contributed by atoms with Gasteiger partial charge >= 0.3 is 0 Å². The summed E-state index contributed by atoms with van der Waals surface area (Å²) in [6.07, 6.45) is 1.95. The summed E-state index contributed by atoms with van der Waals surface area (Å²) in [4.78, 5) is 15.0. The Labute approximate surface area is 161 Å². The molecule has 0 amide bonds. The van der Waals surface area contributed by atoms with Crippen LogP contribution < -0.4 is 0 Å². The minimum atomic E-state index is 0.606. The summed E-state index contributed by atoms with van der Waals surface area (Å²) in [6, 6.07) is 7.46. The topological polar surface area (TPSA) is 58.3 Å². The van der Waals surface area contributed by atoms with Crippen molar-refractivity contribution in [2.45, 2.75) is 20.0 Å². The van der Waals surface area contributed by atoms with Crippen LogP contribution in [0.2, 0.25) is 5.02 Å². The van der Waals surface area contributed by atoms with Crippen LogP contribution in [0.5, 0.6) is 0 Å². The van der Waals surface area contributed by atoms with Crippen LogP contribution in [0.1, 0.15) is 15.8 Å². The highest BCUT2D eigenvalue weighted by atomic mass is 35.5. The highest BCUT2D eigenvalue weighted by molar-refractivity contribution is 7.11. The molecule has 3 heterocycles. The summed E-state index contributed by atoms with van der Waals surface area (Å²) in [7, 11) is 0. The number of thiazole rings is 1. The van der Waals surface area contributed by atoms with Gasteiger partial charge in [-0.05, 0) is 31.2 Å². The van der Waals surface area contributed by atoms with Crippen LogP contribution in [0, 0.1) is 6.92 Å². The lowest BCUT2D eigenvalue weighted by Crippen LogP contribution is -2.45. The molecule has 3 aromatic rings. The zero-order chi connectivity index (χ0) is 17.9. The van der Waals surface area contributed by atoms with Gasteiger partial charge in [0.25, 0.3) is 0 Å². The number of aryl methyl sites for hydroxylation is 1. The lowest BCUT2D eigenvalue weighted by molar-refractivity contribution is 0.112. The molecule has 1 fully saturated rings. The lowest BCUT2D eigenvalue weighted by Gasteiger charge is -2.33. The fraction of sp³-hybridized carbons (Fsp3) is 0.389. The van der Waals surface area contributed by atoms with Crippen LogP contribution in [0.15, 0.2) is 35.0 Å². The summed E-state index contributed by atoms with van der Waals surface area (Å²) >= 11 is 7.70. The van der Waals surface area contributed by atoms with E-state index in [0.717, 1.165) is 38.3 Å². The first kappa shape index (κ1) is 17.6. The molecule has 1 aliphatic rings. The Morgan fingerprint density at radius 3 is 2.42 bits per heavy atom. The van der Waals surface area contributed by atoms with E-state index in [-0.39, 0.29) is 0 Å². The fourth-order valence-electron chi connectivity index (χ4n) is 3.00. The molecule has 0 radical (unpaired) electrons. The van der Waals surface area contributed by atoms with E-state index in [1.807, 2.05) is 30.5 Å². The van der Waals surface area contributed by atoms with Crippen LogP contribution in [0.25, 0.3) is 11.4 Å². The van der Waals surface area contributed by atoms with Crippen LogP contribution >= 0.6 is 22.9 Å². The van der Waals surface area contributed by atoms with Gasteiger partial charge in [0.05, 0.1) is 13.1 Å². The first-order valence-electron chi connectivity index (χ1n) is 8.60. The van der Waals surface area contributed by atoms with E-state index in [9.17, 15) is 0 Å². The average Bonchev–Trinajstić information content (AvgIpc) is 3.26. The normalized spacial score (nSPS) is 16.2.